The SMILES string of the molecule is OCC1O[C@@H](OCc2ccccc2)C(O)[C@@H](O)[C@@H]1O[C@@H]1OC2COC(c3ccccc3)O[C@@H]2[C@H](O)C1O. The highest BCUT2D eigenvalue weighted by molar-refractivity contribution is 5.17. The third-order valence-electron chi connectivity index (χ3n) is 6.77. The van der Waals surface area contributed by atoms with E-state index in [0.29, 0.717) is 0 Å². The molecule has 5 N–H and O–H groups in total. The predicted octanol–water partition coefficient (Wildman–Crippen LogP) is -0.412. The van der Waals surface area contributed by atoms with E-state index in [9.17, 15) is 25.5 Å². The van der Waals surface area contributed by atoms with Crippen LogP contribution >= 0.6 is 0 Å². The summed E-state index contributed by atoms with van der Waals surface area (Å²) in [5.41, 5.74) is 1.59. The average Bonchev–Trinajstić information content (AvgIpc) is 2.94. The lowest BCUT2D eigenvalue weighted by atomic mass is 9.96. The molecule has 5 unspecified atom stereocenters. The maximum Gasteiger partial charge on any atom is 0.187 e. The van der Waals surface area contributed by atoms with Crippen molar-refractivity contribution >= 4 is 0 Å². The van der Waals surface area contributed by atoms with E-state index in [1.165, 1.54) is 0 Å². The molecule has 5 rings (SSSR count). The maximum absolute atomic E-state index is 10.8. The van der Waals surface area contributed by atoms with Crippen molar-refractivity contribution in [2.45, 2.75) is 74.3 Å². The molecule has 0 aromatic heterocycles. The number of hydrogen-bond donors (Lipinski definition) is 5. The van der Waals surface area contributed by atoms with Gasteiger partial charge in [-0.3, -0.25) is 0 Å². The van der Waals surface area contributed by atoms with Crippen molar-refractivity contribution in [3.05, 3.63) is 71.8 Å². The molecule has 202 valence electrons. The van der Waals surface area contributed by atoms with Crippen molar-refractivity contribution in [3.8, 4) is 0 Å². The van der Waals surface area contributed by atoms with Crippen LogP contribution in [0.5, 0.6) is 0 Å². The second kappa shape index (κ2) is 11.8. The molecule has 2 aromatic carbocycles. The summed E-state index contributed by atoms with van der Waals surface area (Å²) in [6, 6.07) is 18.4. The molecule has 11 nitrogen and oxygen atoms in total. The van der Waals surface area contributed by atoms with Crippen molar-refractivity contribution in [1.29, 1.82) is 0 Å². The molecule has 3 aliphatic heterocycles. The normalized spacial score (nSPS) is 40.2. The molecule has 0 saturated carbocycles. The Morgan fingerprint density at radius 3 is 2.14 bits per heavy atom. The van der Waals surface area contributed by atoms with Gasteiger partial charge in [0.1, 0.15) is 48.8 Å². The maximum atomic E-state index is 10.8. The van der Waals surface area contributed by atoms with Crippen molar-refractivity contribution in [2.24, 2.45) is 0 Å². The lowest BCUT2D eigenvalue weighted by molar-refractivity contribution is -0.386. The monoisotopic (exact) mass is 520 g/mol. The highest BCUT2D eigenvalue weighted by atomic mass is 16.8. The first-order valence-electron chi connectivity index (χ1n) is 12.2. The van der Waals surface area contributed by atoms with E-state index in [-0.39, 0.29) is 13.2 Å². The number of aliphatic hydroxyl groups excluding tert-OH is 5. The van der Waals surface area contributed by atoms with E-state index < -0.39 is 74.3 Å². The number of benzene rings is 2. The van der Waals surface area contributed by atoms with Gasteiger partial charge in [-0.05, 0) is 5.56 Å². The molecule has 0 bridgehead atoms. The summed E-state index contributed by atoms with van der Waals surface area (Å²) in [6.45, 7) is -0.399. The van der Waals surface area contributed by atoms with Crippen LogP contribution in [0, 0.1) is 0 Å². The standard InChI is InChI=1S/C26H32O11/c27-11-16-22(18(28)20(30)25(34-16)32-12-14-7-3-1-4-8-14)37-26-21(31)19(29)23-17(35-26)13-33-24(36-23)15-9-5-2-6-10-15/h1-10,16-31H,11-13H2/t16?,17?,18-,19-,20?,21?,22-,23+,24?,25-,26+/m1/s1. The number of rotatable bonds is 7. The highest BCUT2D eigenvalue weighted by Crippen LogP contribution is 2.36. The van der Waals surface area contributed by atoms with Crippen molar-refractivity contribution in [1.82, 2.24) is 0 Å². The third kappa shape index (κ3) is 5.72. The van der Waals surface area contributed by atoms with Gasteiger partial charge >= 0.3 is 0 Å². The molecule has 3 saturated heterocycles. The molecule has 11 atom stereocenters. The van der Waals surface area contributed by atoms with Crippen LogP contribution in [-0.4, -0.2) is 100 Å². The van der Waals surface area contributed by atoms with Gasteiger partial charge in [-0.15, -0.1) is 0 Å². The lowest BCUT2D eigenvalue weighted by Crippen LogP contribution is -2.65. The van der Waals surface area contributed by atoms with E-state index in [1.807, 2.05) is 60.7 Å². The molecule has 37 heavy (non-hydrogen) atoms. The zero-order chi connectivity index (χ0) is 25.9. The summed E-state index contributed by atoms with van der Waals surface area (Å²) >= 11 is 0. The van der Waals surface area contributed by atoms with Crippen molar-refractivity contribution in [2.75, 3.05) is 13.2 Å². The zero-order valence-electron chi connectivity index (χ0n) is 19.9. The van der Waals surface area contributed by atoms with Gasteiger partial charge in [-0.25, -0.2) is 0 Å². The van der Waals surface area contributed by atoms with Gasteiger partial charge < -0.3 is 54.0 Å². The second-order valence-corrected chi connectivity index (χ2v) is 9.30. The van der Waals surface area contributed by atoms with Crippen LogP contribution in [0.15, 0.2) is 60.7 Å². The smallest absolute Gasteiger partial charge is 0.187 e. The minimum atomic E-state index is -1.55. The van der Waals surface area contributed by atoms with E-state index in [1.54, 1.807) is 0 Å². The fourth-order valence-corrected chi connectivity index (χ4v) is 4.74. The lowest BCUT2D eigenvalue weighted by Gasteiger charge is -2.48. The molecule has 0 radical (unpaired) electrons. The summed E-state index contributed by atoms with van der Waals surface area (Å²) in [7, 11) is 0. The predicted molar refractivity (Wildman–Crippen MR) is 125 cm³/mol. The molecule has 3 heterocycles. The molecule has 0 spiro atoms. The van der Waals surface area contributed by atoms with Gasteiger partial charge in [0.15, 0.2) is 18.9 Å². The van der Waals surface area contributed by atoms with E-state index >= 15 is 0 Å². The summed E-state index contributed by atoms with van der Waals surface area (Å²) in [5.74, 6) is 0. The van der Waals surface area contributed by atoms with Gasteiger partial charge in [0.2, 0.25) is 0 Å². The largest absolute Gasteiger partial charge is 0.394 e. The fourth-order valence-electron chi connectivity index (χ4n) is 4.74. The van der Waals surface area contributed by atoms with Crippen LogP contribution < -0.4 is 0 Å². The third-order valence-corrected chi connectivity index (χ3v) is 6.77. The highest BCUT2D eigenvalue weighted by Gasteiger charge is 2.53. The molecule has 0 aliphatic carbocycles. The number of ether oxygens (including phenoxy) is 6. The Hall–Kier alpha value is -2.00. The first-order chi connectivity index (χ1) is 18.0. The quantitative estimate of drug-likeness (QED) is 0.323. The molecule has 2 aromatic rings. The van der Waals surface area contributed by atoms with Crippen molar-refractivity contribution in [3.63, 3.8) is 0 Å². The van der Waals surface area contributed by atoms with Gasteiger partial charge in [0, 0.05) is 5.56 Å². The van der Waals surface area contributed by atoms with Crippen LogP contribution in [0.2, 0.25) is 0 Å². The topological polar surface area (TPSA) is 157 Å². The molecule has 3 aliphatic rings. The Balaban J connectivity index is 1.21. The Morgan fingerprint density at radius 1 is 0.757 bits per heavy atom. The van der Waals surface area contributed by atoms with Crippen molar-refractivity contribution < 1.29 is 54.0 Å². The molecular formula is C26H32O11. The van der Waals surface area contributed by atoms with Crippen LogP contribution in [0.4, 0.5) is 0 Å². The average molecular weight is 521 g/mol. The Kier molecular flexibility index (Phi) is 8.49. The molecule has 0 amide bonds. The van der Waals surface area contributed by atoms with E-state index in [2.05, 4.69) is 0 Å². The number of hydrogen-bond acceptors (Lipinski definition) is 11. The van der Waals surface area contributed by atoms with Crippen LogP contribution in [0.3, 0.4) is 0 Å². The van der Waals surface area contributed by atoms with Gasteiger partial charge in [0.05, 0.1) is 19.8 Å². The Labute approximate surface area is 213 Å². The molecular weight excluding hydrogens is 488 g/mol. The summed E-state index contributed by atoms with van der Waals surface area (Å²) in [5, 5.41) is 52.8. The molecule has 11 heteroatoms. The van der Waals surface area contributed by atoms with E-state index in [0.717, 1.165) is 11.1 Å². The fraction of sp³-hybridized carbons (Fsp3) is 0.538. The molecule has 3 fully saturated rings. The first kappa shape index (κ1) is 26.6. The van der Waals surface area contributed by atoms with Gasteiger partial charge in [-0.1, -0.05) is 60.7 Å². The van der Waals surface area contributed by atoms with Crippen LogP contribution in [-0.2, 0) is 35.0 Å². The summed E-state index contributed by atoms with van der Waals surface area (Å²) in [4.78, 5) is 0. The summed E-state index contributed by atoms with van der Waals surface area (Å²) < 4.78 is 34.5. The van der Waals surface area contributed by atoms with E-state index in [4.69, 9.17) is 28.4 Å². The Bertz CT molecular complexity index is 975. The minimum absolute atomic E-state index is 0.0546. The van der Waals surface area contributed by atoms with Gasteiger partial charge in [0.25, 0.3) is 0 Å². The summed E-state index contributed by atoms with van der Waals surface area (Å²) in [6.07, 6.45) is -13.4. The number of fused-ring (bicyclic) bond motifs is 1. The number of aliphatic hydroxyl groups is 5. The zero-order valence-corrected chi connectivity index (χ0v) is 19.9. The van der Waals surface area contributed by atoms with Crippen LogP contribution in [0.25, 0.3) is 0 Å². The first-order valence-corrected chi connectivity index (χ1v) is 12.2. The second-order valence-electron chi connectivity index (χ2n) is 9.30. The van der Waals surface area contributed by atoms with Crippen LogP contribution in [0.1, 0.15) is 17.4 Å². The minimum Gasteiger partial charge on any atom is -0.394 e. The Morgan fingerprint density at radius 2 is 1.43 bits per heavy atom. The van der Waals surface area contributed by atoms with Gasteiger partial charge in [-0.2, -0.15) is 0 Å².